The van der Waals surface area contributed by atoms with Crippen LogP contribution in [0.5, 0.6) is 17.2 Å². The first kappa shape index (κ1) is 29.8. The molecule has 0 fully saturated rings. The van der Waals surface area contributed by atoms with Crippen molar-refractivity contribution in [1.82, 2.24) is 0 Å². The van der Waals surface area contributed by atoms with Crippen LogP contribution in [0.1, 0.15) is 67.8 Å². The van der Waals surface area contributed by atoms with Gasteiger partial charge in [0.05, 0.1) is 21.3 Å². The molecule has 0 aromatic heterocycles. The highest BCUT2D eigenvalue weighted by atomic mass is 16.5. The van der Waals surface area contributed by atoms with Gasteiger partial charge in [0.25, 0.3) is 0 Å². The maximum atomic E-state index is 5.83. The summed E-state index contributed by atoms with van der Waals surface area (Å²) in [5, 5.41) is 0. The van der Waals surface area contributed by atoms with Gasteiger partial charge in [0.15, 0.2) is 0 Å². The molecule has 3 aliphatic rings. The van der Waals surface area contributed by atoms with Gasteiger partial charge in [-0.2, -0.15) is 0 Å². The van der Waals surface area contributed by atoms with Crippen LogP contribution in [0.3, 0.4) is 0 Å². The predicted octanol–water partition coefficient (Wildman–Crippen LogP) is 11.2. The Kier molecular flexibility index (Phi) is 6.72. The first-order valence-electron chi connectivity index (χ1n) is 17.6. The van der Waals surface area contributed by atoms with Crippen LogP contribution in [0.15, 0.2) is 146 Å². The normalized spacial score (nSPS) is 17.1. The fraction of sp³-hybridized carbons (Fsp3) is 0.125. The molecule has 7 aromatic rings. The fourth-order valence-corrected chi connectivity index (χ4v) is 9.44. The molecule has 0 radical (unpaired) electrons. The highest BCUT2D eigenvalue weighted by Gasteiger charge is 2.47. The van der Waals surface area contributed by atoms with Gasteiger partial charge in [0, 0.05) is 17.8 Å². The van der Waals surface area contributed by atoms with Crippen molar-refractivity contribution in [2.24, 2.45) is 0 Å². The SMILES string of the molecule is COc1cccc([C@@H]2c3ccccc3-c3c2c2c(c4c3[C@@H](c3cccc(OC)c3)c3ccccc3-4)[C@H](c3cccc(OC)c3)c3ccccc3-2)c1. The molecule has 0 spiro atoms. The van der Waals surface area contributed by atoms with Crippen LogP contribution >= 0.6 is 0 Å². The number of hydrogen-bond donors (Lipinski definition) is 0. The average molecular weight is 661 g/mol. The molecular weight excluding hydrogens is 625 g/mol. The zero-order chi connectivity index (χ0) is 34.2. The molecule has 0 aliphatic heterocycles. The van der Waals surface area contributed by atoms with Gasteiger partial charge >= 0.3 is 0 Å². The van der Waals surface area contributed by atoms with Gasteiger partial charge in [-0.1, -0.05) is 109 Å². The summed E-state index contributed by atoms with van der Waals surface area (Å²) >= 11 is 0. The molecule has 0 unspecified atom stereocenters. The molecule has 3 heteroatoms. The van der Waals surface area contributed by atoms with Gasteiger partial charge in [0.1, 0.15) is 17.2 Å². The smallest absolute Gasteiger partial charge is 0.119 e. The summed E-state index contributed by atoms with van der Waals surface area (Å²) < 4.78 is 17.5. The van der Waals surface area contributed by atoms with Crippen molar-refractivity contribution >= 4 is 0 Å². The minimum absolute atomic E-state index is 0.0251. The lowest BCUT2D eigenvalue weighted by Crippen LogP contribution is -2.08. The van der Waals surface area contributed by atoms with Crippen LogP contribution < -0.4 is 14.2 Å². The van der Waals surface area contributed by atoms with Crippen molar-refractivity contribution < 1.29 is 14.2 Å². The first-order chi connectivity index (χ1) is 25.2. The summed E-state index contributed by atoms with van der Waals surface area (Å²) in [5.41, 5.74) is 19.9. The molecule has 246 valence electrons. The fourth-order valence-electron chi connectivity index (χ4n) is 9.44. The molecule has 3 atom stereocenters. The van der Waals surface area contributed by atoms with Crippen LogP contribution in [0.2, 0.25) is 0 Å². The van der Waals surface area contributed by atoms with Crippen molar-refractivity contribution in [1.29, 1.82) is 0 Å². The molecule has 0 amide bonds. The third kappa shape index (κ3) is 4.24. The summed E-state index contributed by atoms with van der Waals surface area (Å²) in [6, 6.07) is 53.2. The van der Waals surface area contributed by atoms with Gasteiger partial charge in [0.2, 0.25) is 0 Å². The highest BCUT2D eigenvalue weighted by molar-refractivity contribution is 6.04. The second kappa shape index (κ2) is 11.5. The van der Waals surface area contributed by atoms with Crippen LogP contribution in [0.4, 0.5) is 0 Å². The summed E-state index contributed by atoms with van der Waals surface area (Å²) in [5.74, 6) is 2.68. The lowest BCUT2D eigenvalue weighted by Gasteiger charge is -2.25. The Hall–Kier alpha value is -6.06. The number of benzene rings is 7. The van der Waals surface area contributed by atoms with Gasteiger partial charge in [-0.3, -0.25) is 0 Å². The van der Waals surface area contributed by atoms with E-state index in [0.717, 1.165) is 17.2 Å². The molecule has 51 heavy (non-hydrogen) atoms. The van der Waals surface area contributed by atoms with Crippen LogP contribution in [-0.4, -0.2) is 21.3 Å². The van der Waals surface area contributed by atoms with Crippen LogP contribution in [0.25, 0.3) is 33.4 Å². The zero-order valence-electron chi connectivity index (χ0n) is 28.8. The second-order valence-electron chi connectivity index (χ2n) is 13.8. The standard InChI is InChI=1S/C48H36O3/c1-49-31-16-10-13-28(25-31)40-34-19-4-7-22-37(34)43-46(40)44-38-23-8-5-20-35(38)41(29-14-11-17-32(26-29)50-2)48(44)45-39-24-9-6-21-36(39)42(47(43)45)30-15-12-18-33(27-30)51-3/h4-27,40-42H,1-3H3/t40-,41-,42+/m1/s1. The Labute approximate surface area is 298 Å². The Balaban J connectivity index is 1.41. The van der Waals surface area contributed by atoms with E-state index in [-0.39, 0.29) is 17.8 Å². The van der Waals surface area contributed by atoms with E-state index in [9.17, 15) is 0 Å². The van der Waals surface area contributed by atoms with Gasteiger partial charge in [-0.15, -0.1) is 0 Å². The third-order valence-corrected chi connectivity index (χ3v) is 11.4. The summed E-state index contributed by atoms with van der Waals surface area (Å²) in [4.78, 5) is 0. The number of ether oxygens (including phenoxy) is 3. The molecule has 7 aromatic carbocycles. The molecular formula is C48H36O3. The maximum absolute atomic E-state index is 5.83. The van der Waals surface area contributed by atoms with E-state index in [1.165, 1.54) is 83.5 Å². The largest absolute Gasteiger partial charge is 0.497 e. The Morgan fingerprint density at radius 1 is 0.333 bits per heavy atom. The Bertz CT molecular complexity index is 2230. The van der Waals surface area contributed by atoms with Gasteiger partial charge in [-0.05, 0) is 120 Å². The lowest BCUT2D eigenvalue weighted by atomic mass is 9.77. The van der Waals surface area contributed by atoms with Gasteiger partial charge in [-0.25, -0.2) is 0 Å². The van der Waals surface area contributed by atoms with Gasteiger partial charge < -0.3 is 14.2 Å². The molecule has 3 nitrogen and oxygen atoms in total. The molecule has 0 saturated carbocycles. The molecule has 0 heterocycles. The Morgan fingerprint density at radius 3 is 0.922 bits per heavy atom. The van der Waals surface area contributed by atoms with Crippen molar-refractivity contribution in [3.63, 3.8) is 0 Å². The van der Waals surface area contributed by atoms with E-state index in [1.807, 2.05) is 18.2 Å². The second-order valence-corrected chi connectivity index (χ2v) is 13.8. The number of fused-ring (bicyclic) bond motifs is 12. The zero-order valence-corrected chi connectivity index (χ0v) is 28.8. The number of rotatable bonds is 6. The topological polar surface area (TPSA) is 27.7 Å². The molecule has 0 N–H and O–H groups in total. The van der Waals surface area contributed by atoms with E-state index in [4.69, 9.17) is 14.2 Å². The van der Waals surface area contributed by atoms with Crippen molar-refractivity contribution in [2.45, 2.75) is 17.8 Å². The number of methoxy groups -OCH3 is 3. The molecule has 0 bridgehead atoms. The van der Waals surface area contributed by atoms with E-state index in [1.54, 1.807) is 21.3 Å². The molecule has 10 rings (SSSR count). The van der Waals surface area contributed by atoms with Crippen molar-refractivity contribution in [2.75, 3.05) is 21.3 Å². The number of hydrogen-bond acceptors (Lipinski definition) is 3. The molecule has 0 saturated heterocycles. The van der Waals surface area contributed by atoms with E-state index >= 15 is 0 Å². The Morgan fingerprint density at radius 2 is 0.627 bits per heavy atom. The summed E-state index contributed by atoms with van der Waals surface area (Å²) in [7, 11) is 5.27. The monoisotopic (exact) mass is 660 g/mol. The average Bonchev–Trinajstić information content (AvgIpc) is 3.84. The van der Waals surface area contributed by atoms with E-state index < -0.39 is 0 Å². The summed E-state index contributed by atoms with van der Waals surface area (Å²) in [6.45, 7) is 0. The maximum Gasteiger partial charge on any atom is 0.119 e. The minimum atomic E-state index is 0.0251. The predicted molar refractivity (Wildman–Crippen MR) is 205 cm³/mol. The third-order valence-electron chi connectivity index (χ3n) is 11.4. The lowest BCUT2D eigenvalue weighted by molar-refractivity contribution is 0.414. The van der Waals surface area contributed by atoms with Crippen LogP contribution in [-0.2, 0) is 0 Å². The van der Waals surface area contributed by atoms with Crippen molar-refractivity contribution in [3.05, 3.63) is 196 Å². The minimum Gasteiger partial charge on any atom is -0.497 e. The highest BCUT2D eigenvalue weighted by Crippen LogP contribution is 2.66. The first-order valence-corrected chi connectivity index (χ1v) is 17.6. The van der Waals surface area contributed by atoms with E-state index in [2.05, 4.69) is 127 Å². The van der Waals surface area contributed by atoms with Crippen LogP contribution in [0, 0.1) is 0 Å². The van der Waals surface area contributed by atoms with Crippen molar-refractivity contribution in [3.8, 4) is 50.6 Å². The molecule has 3 aliphatic carbocycles. The van der Waals surface area contributed by atoms with E-state index in [0.29, 0.717) is 0 Å². The summed E-state index contributed by atoms with van der Waals surface area (Å²) in [6.07, 6.45) is 0. The quantitative estimate of drug-likeness (QED) is 0.178.